The van der Waals surface area contributed by atoms with E-state index in [2.05, 4.69) is 4.98 Å². The number of aliphatic hydroxyl groups excluding tert-OH is 1. The molecule has 0 saturated carbocycles. The van der Waals surface area contributed by atoms with E-state index in [1.807, 2.05) is 6.92 Å². The van der Waals surface area contributed by atoms with E-state index in [1.165, 1.54) is 11.1 Å². The molecular formula is C20H18Cl2N2O3. The molecule has 27 heavy (non-hydrogen) atoms. The number of carbonyl (C=O) groups is 2. The highest BCUT2D eigenvalue weighted by molar-refractivity contribution is 6.31. The summed E-state index contributed by atoms with van der Waals surface area (Å²) in [7, 11) is 0. The van der Waals surface area contributed by atoms with Crippen LogP contribution in [0.1, 0.15) is 31.1 Å². The predicted octanol–water partition coefficient (Wildman–Crippen LogP) is 4.82. The topological polar surface area (TPSA) is 70.5 Å². The third-order valence-electron chi connectivity index (χ3n) is 4.46. The number of aromatic nitrogens is 1. The Kier molecular flexibility index (Phi) is 5.27. The van der Waals surface area contributed by atoms with Crippen LogP contribution < -0.4 is 4.90 Å². The smallest absolute Gasteiger partial charge is 0.294 e. The number of halogens is 2. The first-order valence-electron chi connectivity index (χ1n) is 8.41. The molecule has 5 nitrogen and oxygen atoms in total. The van der Waals surface area contributed by atoms with E-state index in [9.17, 15) is 14.7 Å². The fraction of sp³-hybridized carbons (Fsp3) is 0.250. The van der Waals surface area contributed by atoms with E-state index in [0.29, 0.717) is 21.4 Å². The standard InChI is InChI=1S/C20H18Cl2N2O3/c1-10(2)18(25)16-17(14-7-6-13(22)9-23-14)24(20(27)19(16)26)15-8-12(21)5-4-11(15)3/h4-10,17,26H,1-3H3. The van der Waals surface area contributed by atoms with Crippen LogP contribution in [-0.2, 0) is 9.59 Å². The number of nitrogens with zero attached hydrogens (tertiary/aromatic N) is 2. The molecule has 1 aromatic heterocycles. The lowest BCUT2D eigenvalue weighted by Crippen LogP contribution is -2.32. The molecule has 0 aliphatic carbocycles. The molecule has 1 amide bonds. The Morgan fingerprint density at radius 2 is 1.85 bits per heavy atom. The lowest BCUT2D eigenvalue weighted by Gasteiger charge is -2.28. The van der Waals surface area contributed by atoms with Crippen molar-refractivity contribution < 1.29 is 14.7 Å². The SMILES string of the molecule is Cc1ccc(Cl)cc1N1C(=O)C(O)=C(C(=O)C(C)C)C1c1ccc(Cl)cn1. The second-order valence-corrected chi connectivity index (χ2v) is 7.56. The zero-order valence-corrected chi connectivity index (χ0v) is 16.5. The van der Waals surface area contributed by atoms with E-state index >= 15 is 0 Å². The highest BCUT2D eigenvalue weighted by Crippen LogP contribution is 2.42. The van der Waals surface area contributed by atoms with E-state index in [4.69, 9.17) is 23.2 Å². The van der Waals surface area contributed by atoms with Gasteiger partial charge in [0.15, 0.2) is 11.5 Å². The van der Waals surface area contributed by atoms with Crippen molar-refractivity contribution >= 4 is 40.6 Å². The van der Waals surface area contributed by atoms with Crippen LogP contribution in [0.4, 0.5) is 5.69 Å². The fourth-order valence-corrected chi connectivity index (χ4v) is 3.37. The molecule has 1 N–H and O–H groups in total. The second kappa shape index (κ2) is 7.33. The normalized spacial score (nSPS) is 17.2. The minimum atomic E-state index is -0.859. The number of hydrogen-bond donors (Lipinski definition) is 1. The first-order chi connectivity index (χ1) is 12.7. The van der Waals surface area contributed by atoms with Crippen molar-refractivity contribution in [2.24, 2.45) is 5.92 Å². The van der Waals surface area contributed by atoms with Crippen molar-refractivity contribution in [1.29, 1.82) is 0 Å². The Morgan fingerprint density at radius 1 is 1.19 bits per heavy atom. The Balaban J connectivity index is 2.23. The summed E-state index contributed by atoms with van der Waals surface area (Å²) in [6, 6.07) is 7.53. The van der Waals surface area contributed by atoms with Crippen molar-refractivity contribution in [3.63, 3.8) is 0 Å². The van der Waals surface area contributed by atoms with Crippen LogP contribution in [0.3, 0.4) is 0 Å². The van der Waals surface area contributed by atoms with Gasteiger partial charge in [-0.2, -0.15) is 0 Å². The third-order valence-corrected chi connectivity index (χ3v) is 4.92. The van der Waals surface area contributed by atoms with Crippen LogP contribution in [0.2, 0.25) is 10.0 Å². The molecule has 1 aromatic carbocycles. The van der Waals surface area contributed by atoms with E-state index < -0.39 is 23.6 Å². The molecule has 1 unspecified atom stereocenters. The van der Waals surface area contributed by atoms with Gasteiger partial charge in [-0.25, -0.2) is 0 Å². The zero-order chi connectivity index (χ0) is 19.9. The lowest BCUT2D eigenvalue weighted by atomic mass is 9.93. The van der Waals surface area contributed by atoms with Gasteiger partial charge in [-0.05, 0) is 36.8 Å². The highest BCUT2D eigenvalue weighted by atomic mass is 35.5. The zero-order valence-electron chi connectivity index (χ0n) is 15.0. The highest BCUT2D eigenvalue weighted by Gasteiger charge is 2.45. The largest absolute Gasteiger partial charge is 0.503 e. The maximum absolute atomic E-state index is 12.9. The predicted molar refractivity (Wildman–Crippen MR) is 105 cm³/mol. The summed E-state index contributed by atoms with van der Waals surface area (Å²) in [6.07, 6.45) is 1.44. The van der Waals surface area contributed by atoms with Gasteiger partial charge in [-0.1, -0.05) is 43.1 Å². The summed E-state index contributed by atoms with van der Waals surface area (Å²) in [6.45, 7) is 5.25. The second-order valence-electron chi connectivity index (χ2n) is 6.69. The monoisotopic (exact) mass is 404 g/mol. The molecule has 0 fully saturated rings. The maximum Gasteiger partial charge on any atom is 0.294 e. The third kappa shape index (κ3) is 3.45. The number of rotatable bonds is 4. The Morgan fingerprint density at radius 3 is 2.44 bits per heavy atom. The number of anilines is 1. The summed E-state index contributed by atoms with van der Waals surface area (Å²) in [4.78, 5) is 31.4. The summed E-state index contributed by atoms with van der Waals surface area (Å²) in [5, 5.41) is 11.4. The molecule has 1 atom stereocenters. The van der Waals surface area contributed by atoms with Gasteiger partial charge in [0.05, 0.1) is 16.3 Å². The summed E-state index contributed by atoms with van der Waals surface area (Å²) in [5.74, 6) is -1.93. The van der Waals surface area contributed by atoms with Crippen LogP contribution in [0, 0.1) is 12.8 Å². The van der Waals surface area contributed by atoms with Crippen molar-refractivity contribution in [3.05, 3.63) is 69.2 Å². The number of benzene rings is 1. The minimum absolute atomic E-state index is 0.0317. The number of aryl methyl sites for hydroxylation is 1. The van der Waals surface area contributed by atoms with Crippen LogP contribution in [0.5, 0.6) is 0 Å². The number of pyridine rings is 1. The maximum atomic E-state index is 12.9. The number of aliphatic hydroxyl groups is 1. The summed E-state index contributed by atoms with van der Waals surface area (Å²) in [5.41, 5.74) is 1.74. The van der Waals surface area contributed by atoms with Gasteiger partial charge in [-0.3, -0.25) is 19.5 Å². The molecule has 2 aromatic rings. The summed E-state index contributed by atoms with van der Waals surface area (Å²) >= 11 is 12.1. The van der Waals surface area contributed by atoms with Gasteiger partial charge in [0.1, 0.15) is 6.04 Å². The van der Waals surface area contributed by atoms with Crippen LogP contribution in [-0.4, -0.2) is 21.8 Å². The minimum Gasteiger partial charge on any atom is -0.503 e. The average Bonchev–Trinajstić information content (AvgIpc) is 2.88. The Labute approximate surface area is 167 Å². The van der Waals surface area contributed by atoms with Gasteiger partial charge in [0.2, 0.25) is 0 Å². The molecule has 0 saturated heterocycles. The molecule has 1 aliphatic rings. The number of hydrogen-bond acceptors (Lipinski definition) is 4. The van der Waals surface area contributed by atoms with Gasteiger partial charge < -0.3 is 5.11 Å². The van der Waals surface area contributed by atoms with E-state index in [0.717, 1.165) is 5.56 Å². The van der Waals surface area contributed by atoms with Gasteiger partial charge in [-0.15, -0.1) is 0 Å². The van der Waals surface area contributed by atoms with Gasteiger partial charge in [0, 0.05) is 22.8 Å². The molecule has 140 valence electrons. The van der Waals surface area contributed by atoms with Crippen LogP contribution in [0.15, 0.2) is 47.9 Å². The number of amides is 1. The van der Waals surface area contributed by atoms with Crippen LogP contribution in [0.25, 0.3) is 0 Å². The molecule has 0 radical (unpaired) electrons. The lowest BCUT2D eigenvalue weighted by molar-refractivity contribution is -0.119. The first-order valence-corrected chi connectivity index (χ1v) is 9.16. The Bertz CT molecular complexity index is 952. The molecule has 7 heteroatoms. The Hall–Kier alpha value is -2.37. The first kappa shape index (κ1) is 19.4. The molecule has 1 aliphatic heterocycles. The molecule has 0 spiro atoms. The van der Waals surface area contributed by atoms with Crippen LogP contribution >= 0.6 is 23.2 Å². The van der Waals surface area contributed by atoms with E-state index in [-0.39, 0.29) is 11.4 Å². The number of Topliss-reactive ketones (excluding diaryl/α,β-unsaturated/α-hetero) is 1. The van der Waals surface area contributed by atoms with E-state index in [1.54, 1.807) is 44.2 Å². The molecule has 3 rings (SSSR count). The number of carbonyl (C=O) groups excluding carboxylic acids is 2. The quantitative estimate of drug-likeness (QED) is 0.792. The molecule has 0 bridgehead atoms. The van der Waals surface area contributed by atoms with Gasteiger partial charge in [0.25, 0.3) is 5.91 Å². The fourth-order valence-electron chi connectivity index (χ4n) is 3.09. The summed E-state index contributed by atoms with van der Waals surface area (Å²) < 4.78 is 0. The van der Waals surface area contributed by atoms with Crippen molar-refractivity contribution in [3.8, 4) is 0 Å². The molecule has 2 heterocycles. The van der Waals surface area contributed by atoms with Crippen molar-refractivity contribution in [1.82, 2.24) is 4.98 Å². The van der Waals surface area contributed by atoms with Crippen molar-refractivity contribution in [2.75, 3.05) is 4.90 Å². The van der Waals surface area contributed by atoms with Gasteiger partial charge >= 0.3 is 0 Å². The van der Waals surface area contributed by atoms with Crippen molar-refractivity contribution in [2.45, 2.75) is 26.8 Å². The number of ketones is 1. The average molecular weight is 405 g/mol. The molecular weight excluding hydrogens is 387 g/mol.